The molecule has 0 spiro atoms. The fourth-order valence-corrected chi connectivity index (χ4v) is 4.46. The number of benzene rings is 1. The van der Waals surface area contributed by atoms with Gasteiger partial charge in [0.1, 0.15) is 5.01 Å². The number of carbonyl (C=O) groups excluding carboxylic acids is 2. The van der Waals surface area contributed by atoms with Gasteiger partial charge < -0.3 is 15.5 Å². The van der Waals surface area contributed by atoms with Crippen molar-refractivity contribution in [1.82, 2.24) is 20.4 Å². The summed E-state index contributed by atoms with van der Waals surface area (Å²) in [5, 5.41) is 14.8. The summed E-state index contributed by atoms with van der Waals surface area (Å²) in [6, 6.07) is 7.61. The number of likely N-dealkylation sites (tertiary alicyclic amines) is 1. The maximum absolute atomic E-state index is 12.4. The van der Waals surface area contributed by atoms with E-state index in [1.807, 2.05) is 6.92 Å². The summed E-state index contributed by atoms with van der Waals surface area (Å²) in [5.74, 6) is -0.372. The van der Waals surface area contributed by atoms with E-state index in [9.17, 15) is 9.59 Å². The van der Waals surface area contributed by atoms with Gasteiger partial charge in [-0.1, -0.05) is 31.6 Å². The molecule has 1 aromatic heterocycles. The van der Waals surface area contributed by atoms with Gasteiger partial charge in [0.2, 0.25) is 5.01 Å². The zero-order valence-electron chi connectivity index (χ0n) is 17.8. The molecular formula is C22H31N5O2S. The first-order valence-corrected chi connectivity index (χ1v) is 11.7. The maximum Gasteiger partial charge on any atom is 0.286 e. The van der Waals surface area contributed by atoms with E-state index in [2.05, 4.69) is 32.7 Å². The molecule has 2 amide bonds. The number of aromatic nitrogens is 2. The number of aryl methyl sites for hydroxylation is 1. The van der Waals surface area contributed by atoms with Crippen molar-refractivity contribution in [1.29, 1.82) is 0 Å². The Balaban J connectivity index is 1.42. The zero-order chi connectivity index (χ0) is 21.3. The van der Waals surface area contributed by atoms with Crippen LogP contribution >= 0.6 is 11.3 Å². The van der Waals surface area contributed by atoms with Gasteiger partial charge >= 0.3 is 0 Å². The third-order valence-corrected chi connectivity index (χ3v) is 6.56. The zero-order valence-corrected chi connectivity index (χ0v) is 18.6. The van der Waals surface area contributed by atoms with Crippen LogP contribution in [-0.2, 0) is 6.42 Å². The lowest BCUT2D eigenvalue weighted by Gasteiger charge is -2.35. The second-order valence-electron chi connectivity index (χ2n) is 7.59. The molecule has 2 heterocycles. The number of rotatable bonds is 9. The highest BCUT2D eigenvalue weighted by molar-refractivity contribution is 7.13. The van der Waals surface area contributed by atoms with Crippen LogP contribution in [-0.4, -0.2) is 52.6 Å². The van der Waals surface area contributed by atoms with Crippen LogP contribution in [0.2, 0.25) is 0 Å². The van der Waals surface area contributed by atoms with Gasteiger partial charge in [-0.2, -0.15) is 0 Å². The molecular weight excluding hydrogens is 398 g/mol. The molecule has 8 heteroatoms. The first kappa shape index (κ1) is 22.4. The fourth-order valence-electron chi connectivity index (χ4n) is 3.78. The van der Waals surface area contributed by atoms with Gasteiger partial charge in [-0.05, 0) is 62.9 Å². The number of nitrogens with one attached hydrogen (secondary N) is 2. The summed E-state index contributed by atoms with van der Waals surface area (Å²) < 4.78 is 0. The average molecular weight is 430 g/mol. The second-order valence-corrected chi connectivity index (χ2v) is 8.65. The Labute approximate surface area is 182 Å². The van der Waals surface area contributed by atoms with E-state index in [0.29, 0.717) is 28.8 Å². The summed E-state index contributed by atoms with van der Waals surface area (Å²) in [4.78, 5) is 27.2. The molecule has 3 rings (SSSR count). The Morgan fingerprint density at radius 2 is 1.93 bits per heavy atom. The first-order chi connectivity index (χ1) is 14.6. The van der Waals surface area contributed by atoms with E-state index in [1.54, 1.807) is 24.3 Å². The van der Waals surface area contributed by atoms with Gasteiger partial charge in [0.15, 0.2) is 0 Å². The van der Waals surface area contributed by atoms with E-state index >= 15 is 0 Å². The maximum atomic E-state index is 12.4. The van der Waals surface area contributed by atoms with Crippen molar-refractivity contribution >= 4 is 28.8 Å². The van der Waals surface area contributed by atoms with Crippen molar-refractivity contribution in [2.75, 3.05) is 25.0 Å². The molecule has 1 fully saturated rings. The molecule has 2 aromatic rings. The van der Waals surface area contributed by atoms with Gasteiger partial charge in [-0.3, -0.25) is 9.59 Å². The minimum absolute atomic E-state index is 0.0877. The Morgan fingerprint density at radius 3 is 2.63 bits per heavy atom. The van der Waals surface area contributed by atoms with Crippen LogP contribution < -0.4 is 10.6 Å². The van der Waals surface area contributed by atoms with Crippen LogP contribution in [0.5, 0.6) is 0 Å². The fraction of sp³-hybridized carbons (Fsp3) is 0.545. The van der Waals surface area contributed by atoms with Crippen LogP contribution in [0.3, 0.4) is 0 Å². The van der Waals surface area contributed by atoms with Crippen molar-refractivity contribution in [3.8, 4) is 0 Å². The van der Waals surface area contributed by atoms with Gasteiger partial charge in [0, 0.05) is 30.4 Å². The van der Waals surface area contributed by atoms with E-state index in [0.717, 1.165) is 24.4 Å². The van der Waals surface area contributed by atoms with E-state index < -0.39 is 0 Å². The SMILES string of the molecule is CCc1nnc(C(=O)Nc2ccc(C(=O)NCCCN3CCCC[C@H]3CC)cc2)s1. The lowest BCUT2D eigenvalue weighted by Crippen LogP contribution is -2.40. The van der Waals surface area contributed by atoms with Gasteiger partial charge in [0.05, 0.1) is 0 Å². The van der Waals surface area contributed by atoms with Crippen LogP contribution in [0.1, 0.15) is 71.1 Å². The van der Waals surface area contributed by atoms with Gasteiger partial charge in [0.25, 0.3) is 11.8 Å². The summed E-state index contributed by atoms with van der Waals surface area (Å²) in [7, 11) is 0. The van der Waals surface area contributed by atoms with Gasteiger partial charge in [-0.15, -0.1) is 10.2 Å². The van der Waals surface area contributed by atoms with Crippen LogP contribution in [0.25, 0.3) is 0 Å². The Hall–Kier alpha value is -2.32. The Bertz CT molecular complexity index is 836. The summed E-state index contributed by atoms with van der Waals surface area (Å²) in [6.45, 7) is 7.11. The van der Waals surface area contributed by atoms with Crippen molar-refractivity contribution in [3.63, 3.8) is 0 Å². The number of nitrogens with zero attached hydrogens (tertiary/aromatic N) is 3. The Kier molecular flexibility index (Phi) is 8.33. The molecule has 0 radical (unpaired) electrons. The monoisotopic (exact) mass is 429 g/mol. The predicted molar refractivity (Wildman–Crippen MR) is 120 cm³/mol. The molecule has 1 saturated heterocycles. The summed E-state index contributed by atoms with van der Waals surface area (Å²) in [6.07, 6.45) is 6.83. The molecule has 162 valence electrons. The Morgan fingerprint density at radius 1 is 1.13 bits per heavy atom. The van der Waals surface area contributed by atoms with E-state index in [4.69, 9.17) is 0 Å². The minimum atomic E-state index is -0.285. The third-order valence-electron chi connectivity index (χ3n) is 5.50. The number of hydrogen-bond donors (Lipinski definition) is 2. The first-order valence-electron chi connectivity index (χ1n) is 10.9. The largest absolute Gasteiger partial charge is 0.352 e. The predicted octanol–water partition coefficient (Wildman–Crippen LogP) is 3.74. The van der Waals surface area contributed by atoms with Gasteiger partial charge in [-0.25, -0.2) is 0 Å². The standard InChI is InChI=1S/C22H31N5O2S/c1-3-18-8-5-6-14-27(18)15-7-13-23-20(28)16-9-11-17(12-10-16)24-21(29)22-26-25-19(4-2)30-22/h9-12,18H,3-8,13-15H2,1-2H3,(H,23,28)(H,24,29)/t18-/m1/s1. The molecule has 0 bridgehead atoms. The minimum Gasteiger partial charge on any atom is -0.352 e. The molecule has 7 nitrogen and oxygen atoms in total. The normalized spacial score (nSPS) is 16.9. The molecule has 0 saturated carbocycles. The van der Waals surface area contributed by atoms with Crippen molar-refractivity contribution in [2.24, 2.45) is 0 Å². The molecule has 1 aromatic carbocycles. The molecule has 30 heavy (non-hydrogen) atoms. The number of anilines is 1. The number of carbonyl (C=O) groups is 2. The van der Waals surface area contributed by atoms with Crippen molar-refractivity contribution < 1.29 is 9.59 Å². The average Bonchev–Trinajstić information content (AvgIpc) is 3.27. The molecule has 1 atom stereocenters. The van der Waals surface area contributed by atoms with Crippen LogP contribution in [0.4, 0.5) is 5.69 Å². The van der Waals surface area contributed by atoms with E-state index in [1.165, 1.54) is 43.6 Å². The third kappa shape index (κ3) is 6.09. The summed E-state index contributed by atoms with van der Waals surface area (Å²) >= 11 is 1.29. The molecule has 1 aliphatic heterocycles. The molecule has 1 aliphatic rings. The van der Waals surface area contributed by atoms with E-state index in [-0.39, 0.29) is 11.8 Å². The smallest absolute Gasteiger partial charge is 0.286 e. The van der Waals surface area contributed by atoms with Crippen molar-refractivity contribution in [3.05, 3.63) is 39.8 Å². The van der Waals surface area contributed by atoms with Crippen LogP contribution in [0.15, 0.2) is 24.3 Å². The highest BCUT2D eigenvalue weighted by atomic mass is 32.1. The number of amides is 2. The summed E-state index contributed by atoms with van der Waals surface area (Å²) in [5.41, 5.74) is 1.21. The lowest BCUT2D eigenvalue weighted by atomic mass is 10.00. The molecule has 0 aliphatic carbocycles. The topological polar surface area (TPSA) is 87.2 Å². The highest BCUT2D eigenvalue weighted by Crippen LogP contribution is 2.19. The number of hydrogen-bond acceptors (Lipinski definition) is 6. The van der Waals surface area contributed by atoms with Crippen molar-refractivity contribution in [2.45, 2.75) is 58.4 Å². The molecule has 2 N–H and O–H groups in total. The highest BCUT2D eigenvalue weighted by Gasteiger charge is 2.20. The molecule has 0 unspecified atom stereocenters. The lowest BCUT2D eigenvalue weighted by molar-refractivity contribution is 0.0946. The van der Waals surface area contributed by atoms with Crippen LogP contribution in [0, 0.1) is 0 Å². The quantitative estimate of drug-likeness (QED) is 0.593. The second kappa shape index (κ2) is 11.2. The number of piperidine rings is 1.